The van der Waals surface area contributed by atoms with Gasteiger partial charge in [-0.15, -0.1) is 0 Å². The lowest BCUT2D eigenvalue weighted by atomic mass is 10.0. The highest BCUT2D eigenvalue weighted by Crippen LogP contribution is 2.17. The number of carbonyl (C=O) groups is 1. The highest BCUT2D eigenvalue weighted by molar-refractivity contribution is 5.70. The number of rotatable bonds is 1. The first-order valence-corrected chi connectivity index (χ1v) is 3.16. The molecule has 0 aromatic carbocycles. The SMILES string of the molecule is O=C(O)[C@H]1COCC[C@@H]1F. The summed E-state index contributed by atoms with van der Waals surface area (Å²) in [7, 11) is 0. The smallest absolute Gasteiger partial charge is 0.311 e. The molecule has 0 amide bonds. The van der Waals surface area contributed by atoms with Crippen LogP contribution in [0.4, 0.5) is 4.39 Å². The summed E-state index contributed by atoms with van der Waals surface area (Å²) in [5.74, 6) is -2.05. The summed E-state index contributed by atoms with van der Waals surface area (Å²) in [6.45, 7) is 0.349. The van der Waals surface area contributed by atoms with Crippen molar-refractivity contribution in [2.45, 2.75) is 12.6 Å². The van der Waals surface area contributed by atoms with Crippen LogP contribution in [-0.2, 0) is 9.53 Å². The third-order valence-electron chi connectivity index (χ3n) is 1.59. The molecule has 0 aromatic heterocycles. The van der Waals surface area contributed by atoms with Gasteiger partial charge in [0.2, 0.25) is 0 Å². The van der Waals surface area contributed by atoms with Crippen molar-refractivity contribution in [1.82, 2.24) is 0 Å². The van der Waals surface area contributed by atoms with Crippen molar-refractivity contribution in [3.63, 3.8) is 0 Å². The second kappa shape index (κ2) is 2.96. The highest BCUT2D eigenvalue weighted by atomic mass is 19.1. The molecule has 0 aromatic rings. The fourth-order valence-electron chi connectivity index (χ4n) is 0.938. The molecule has 0 spiro atoms. The van der Waals surface area contributed by atoms with Crippen LogP contribution in [0, 0.1) is 5.92 Å². The van der Waals surface area contributed by atoms with E-state index in [1.807, 2.05) is 0 Å². The Bertz CT molecular complexity index is 137. The van der Waals surface area contributed by atoms with E-state index in [9.17, 15) is 9.18 Å². The molecule has 1 aliphatic rings. The van der Waals surface area contributed by atoms with E-state index in [0.717, 1.165) is 0 Å². The molecule has 1 N–H and O–H groups in total. The number of ether oxygens (including phenoxy) is 1. The average molecular weight is 148 g/mol. The van der Waals surface area contributed by atoms with E-state index in [4.69, 9.17) is 9.84 Å². The van der Waals surface area contributed by atoms with Gasteiger partial charge in [-0.2, -0.15) is 0 Å². The summed E-state index contributed by atoms with van der Waals surface area (Å²) >= 11 is 0. The Morgan fingerprint density at radius 1 is 1.70 bits per heavy atom. The molecule has 0 radical (unpaired) electrons. The van der Waals surface area contributed by atoms with E-state index in [0.29, 0.717) is 6.61 Å². The summed E-state index contributed by atoms with van der Waals surface area (Å²) in [6.07, 6.45) is -1.03. The first-order valence-electron chi connectivity index (χ1n) is 3.16. The normalized spacial score (nSPS) is 33.7. The average Bonchev–Trinajstić information content (AvgIpc) is 1.88. The number of hydrogen-bond acceptors (Lipinski definition) is 2. The molecule has 0 saturated carbocycles. The van der Waals surface area contributed by atoms with E-state index in [1.54, 1.807) is 0 Å². The summed E-state index contributed by atoms with van der Waals surface area (Å²) in [6, 6.07) is 0. The zero-order valence-electron chi connectivity index (χ0n) is 5.42. The molecule has 1 heterocycles. The van der Waals surface area contributed by atoms with Crippen molar-refractivity contribution in [3.8, 4) is 0 Å². The lowest BCUT2D eigenvalue weighted by Gasteiger charge is -2.21. The van der Waals surface area contributed by atoms with Crippen molar-refractivity contribution in [2.75, 3.05) is 13.2 Å². The molecular formula is C6H9FO3. The maximum atomic E-state index is 12.6. The van der Waals surface area contributed by atoms with Crippen LogP contribution in [0.3, 0.4) is 0 Å². The van der Waals surface area contributed by atoms with Crippen LogP contribution >= 0.6 is 0 Å². The summed E-state index contributed by atoms with van der Waals surface area (Å²) < 4.78 is 17.4. The van der Waals surface area contributed by atoms with Crippen molar-refractivity contribution in [3.05, 3.63) is 0 Å². The van der Waals surface area contributed by atoms with Gasteiger partial charge in [0, 0.05) is 13.0 Å². The summed E-state index contributed by atoms with van der Waals surface area (Å²) in [5, 5.41) is 8.39. The van der Waals surface area contributed by atoms with Crippen LogP contribution in [0.5, 0.6) is 0 Å². The van der Waals surface area contributed by atoms with Gasteiger partial charge in [-0.3, -0.25) is 4.79 Å². The van der Waals surface area contributed by atoms with Crippen LogP contribution in [0.1, 0.15) is 6.42 Å². The van der Waals surface area contributed by atoms with Crippen LogP contribution in [0.15, 0.2) is 0 Å². The number of hydrogen-bond donors (Lipinski definition) is 1. The Morgan fingerprint density at radius 3 is 2.80 bits per heavy atom. The number of aliphatic carboxylic acids is 1. The summed E-state index contributed by atoms with van der Waals surface area (Å²) in [4.78, 5) is 10.2. The lowest BCUT2D eigenvalue weighted by Crippen LogP contribution is -2.34. The third kappa shape index (κ3) is 1.44. The van der Waals surface area contributed by atoms with Gasteiger partial charge in [0.25, 0.3) is 0 Å². The number of alkyl halides is 1. The molecule has 0 bridgehead atoms. The third-order valence-corrected chi connectivity index (χ3v) is 1.59. The van der Waals surface area contributed by atoms with Gasteiger partial charge in [-0.1, -0.05) is 0 Å². The Morgan fingerprint density at radius 2 is 2.40 bits per heavy atom. The molecular weight excluding hydrogens is 139 g/mol. The predicted octanol–water partition coefficient (Wildman–Crippen LogP) is 0.446. The molecule has 10 heavy (non-hydrogen) atoms. The molecule has 1 saturated heterocycles. The molecule has 1 rings (SSSR count). The van der Waals surface area contributed by atoms with E-state index in [1.165, 1.54) is 0 Å². The molecule has 0 unspecified atom stereocenters. The zero-order valence-corrected chi connectivity index (χ0v) is 5.42. The second-order valence-corrected chi connectivity index (χ2v) is 2.32. The van der Waals surface area contributed by atoms with Crippen molar-refractivity contribution < 1.29 is 19.0 Å². The van der Waals surface area contributed by atoms with E-state index < -0.39 is 18.1 Å². The van der Waals surface area contributed by atoms with E-state index in [2.05, 4.69) is 0 Å². The van der Waals surface area contributed by atoms with Crippen molar-refractivity contribution >= 4 is 5.97 Å². The predicted molar refractivity (Wildman–Crippen MR) is 31.5 cm³/mol. The molecule has 3 nitrogen and oxygen atoms in total. The standard InChI is InChI=1S/C6H9FO3/c7-5-1-2-10-3-4(5)6(8)9/h4-5H,1-3H2,(H,8,9)/t4-,5-/m0/s1. The zero-order chi connectivity index (χ0) is 7.56. The highest BCUT2D eigenvalue weighted by Gasteiger charge is 2.31. The minimum atomic E-state index is -1.23. The van der Waals surface area contributed by atoms with Gasteiger partial charge in [-0.05, 0) is 0 Å². The minimum Gasteiger partial charge on any atom is -0.481 e. The van der Waals surface area contributed by atoms with Crippen LogP contribution in [0.25, 0.3) is 0 Å². The van der Waals surface area contributed by atoms with Crippen molar-refractivity contribution in [2.24, 2.45) is 5.92 Å². The van der Waals surface area contributed by atoms with Gasteiger partial charge in [-0.25, -0.2) is 4.39 Å². The van der Waals surface area contributed by atoms with Crippen molar-refractivity contribution in [1.29, 1.82) is 0 Å². The maximum absolute atomic E-state index is 12.6. The Kier molecular flexibility index (Phi) is 2.21. The molecule has 2 atom stereocenters. The topological polar surface area (TPSA) is 46.5 Å². The van der Waals surface area contributed by atoms with Gasteiger partial charge < -0.3 is 9.84 Å². The van der Waals surface area contributed by atoms with E-state index >= 15 is 0 Å². The molecule has 1 fully saturated rings. The lowest BCUT2D eigenvalue weighted by molar-refractivity contribution is -0.150. The van der Waals surface area contributed by atoms with Crippen LogP contribution in [0.2, 0.25) is 0 Å². The van der Waals surface area contributed by atoms with E-state index in [-0.39, 0.29) is 13.0 Å². The Hall–Kier alpha value is -0.640. The fraction of sp³-hybridized carbons (Fsp3) is 0.833. The quantitative estimate of drug-likeness (QED) is 0.587. The first kappa shape index (κ1) is 7.47. The number of carboxylic acid groups (broad SMARTS) is 1. The molecule has 4 heteroatoms. The van der Waals surface area contributed by atoms with Gasteiger partial charge >= 0.3 is 5.97 Å². The van der Waals surface area contributed by atoms with Crippen LogP contribution in [-0.4, -0.2) is 30.5 Å². The maximum Gasteiger partial charge on any atom is 0.311 e. The fourth-order valence-corrected chi connectivity index (χ4v) is 0.938. The molecule has 58 valence electrons. The number of halogens is 1. The number of carboxylic acids is 1. The Labute approximate surface area is 57.8 Å². The second-order valence-electron chi connectivity index (χ2n) is 2.32. The minimum absolute atomic E-state index is 0.0104. The molecule has 1 aliphatic heterocycles. The van der Waals surface area contributed by atoms with Gasteiger partial charge in [0.15, 0.2) is 0 Å². The monoisotopic (exact) mass is 148 g/mol. The molecule has 0 aliphatic carbocycles. The summed E-state index contributed by atoms with van der Waals surface area (Å²) in [5.41, 5.74) is 0. The largest absolute Gasteiger partial charge is 0.481 e. The first-order chi connectivity index (χ1) is 4.72. The Balaban J connectivity index is 2.47. The van der Waals surface area contributed by atoms with Crippen LogP contribution < -0.4 is 0 Å². The van der Waals surface area contributed by atoms with Gasteiger partial charge in [0.05, 0.1) is 6.61 Å². The van der Waals surface area contributed by atoms with Gasteiger partial charge in [0.1, 0.15) is 12.1 Å².